The molecule has 0 unspecified atom stereocenters. The van der Waals surface area contributed by atoms with Crippen molar-refractivity contribution in [1.29, 1.82) is 0 Å². The summed E-state index contributed by atoms with van der Waals surface area (Å²) in [6.45, 7) is 3.79. The molecule has 1 heterocycles. The van der Waals surface area contributed by atoms with Crippen LogP contribution in [0.4, 0.5) is 10.2 Å². The monoisotopic (exact) mass is 245 g/mol. The van der Waals surface area contributed by atoms with Crippen LogP contribution in [0, 0.1) is 12.7 Å². The lowest BCUT2D eigenvalue weighted by atomic mass is 10.1. The zero-order valence-electron chi connectivity index (χ0n) is 10.6. The molecule has 3 nitrogen and oxygen atoms in total. The van der Waals surface area contributed by atoms with Gasteiger partial charge in [-0.1, -0.05) is 19.1 Å². The van der Waals surface area contributed by atoms with E-state index in [1.165, 1.54) is 6.07 Å². The van der Waals surface area contributed by atoms with Crippen molar-refractivity contribution in [2.45, 2.75) is 26.7 Å². The number of aromatic nitrogens is 2. The number of rotatable bonds is 3. The zero-order valence-corrected chi connectivity index (χ0v) is 10.6. The summed E-state index contributed by atoms with van der Waals surface area (Å²) in [5, 5.41) is 0. The highest BCUT2D eigenvalue weighted by Crippen LogP contribution is 2.21. The van der Waals surface area contributed by atoms with Crippen LogP contribution in [-0.4, -0.2) is 9.97 Å². The Balaban J connectivity index is 2.46. The van der Waals surface area contributed by atoms with Crippen LogP contribution in [-0.2, 0) is 6.42 Å². The van der Waals surface area contributed by atoms with Crippen LogP contribution >= 0.6 is 0 Å². The molecule has 0 aliphatic rings. The molecule has 1 aromatic carbocycles. The molecule has 2 rings (SSSR count). The van der Waals surface area contributed by atoms with E-state index in [0.717, 1.165) is 18.4 Å². The fraction of sp³-hybridized carbons (Fsp3) is 0.286. The Morgan fingerprint density at radius 2 is 2.00 bits per heavy atom. The second-order valence-electron chi connectivity index (χ2n) is 4.31. The fourth-order valence-corrected chi connectivity index (χ4v) is 1.75. The number of anilines is 1. The molecule has 0 amide bonds. The van der Waals surface area contributed by atoms with E-state index in [2.05, 4.69) is 16.9 Å². The number of halogens is 1. The molecule has 4 heteroatoms. The third-order valence-electron chi connectivity index (χ3n) is 2.73. The molecule has 2 aromatic rings. The minimum atomic E-state index is -0.235. The Kier molecular flexibility index (Phi) is 3.55. The van der Waals surface area contributed by atoms with Crippen LogP contribution in [0.1, 0.15) is 24.7 Å². The highest BCUT2D eigenvalue weighted by Gasteiger charge is 2.07. The maximum Gasteiger partial charge on any atom is 0.131 e. The lowest BCUT2D eigenvalue weighted by Crippen LogP contribution is -2.01. The molecule has 94 valence electrons. The number of aryl methyl sites for hydroxylation is 2. The van der Waals surface area contributed by atoms with Crippen molar-refractivity contribution < 1.29 is 4.39 Å². The summed E-state index contributed by atoms with van der Waals surface area (Å²) >= 11 is 0. The first-order valence-corrected chi connectivity index (χ1v) is 6.00. The van der Waals surface area contributed by atoms with Gasteiger partial charge in [-0.15, -0.1) is 0 Å². The maximum absolute atomic E-state index is 13.5. The lowest BCUT2D eigenvalue weighted by Gasteiger charge is -2.06. The third kappa shape index (κ3) is 2.64. The number of hydrogen-bond donors (Lipinski definition) is 1. The van der Waals surface area contributed by atoms with Crippen LogP contribution < -0.4 is 5.73 Å². The van der Waals surface area contributed by atoms with Crippen LogP contribution in [0.2, 0.25) is 0 Å². The maximum atomic E-state index is 13.5. The molecule has 0 fully saturated rings. The second kappa shape index (κ2) is 5.12. The summed E-state index contributed by atoms with van der Waals surface area (Å²) in [5.41, 5.74) is 7.77. The molecule has 0 saturated carbocycles. The third-order valence-corrected chi connectivity index (χ3v) is 2.73. The fourth-order valence-electron chi connectivity index (χ4n) is 1.75. The molecule has 0 bridgehead atoms. The van der Waals surface area contributed by atoms with Gasteiger partial charge < -0.3 is 5.73 Å². The van der Waals surface area contributed by atoms with E-state index in [9.17, 15) is 4.39 Å². The summed E-state index contributed by atoms with van der Waals surface area (Å²) in [5.74, 6) is 0.889. The normalized spacial score (nSPS) is 10.6. The van der Waals surface area contributed by atoms with Gasteiger partial charge in [-0.25, -0.2) is 14.4 Å². The van der Waals surface area contributed by atoms with E-state index < -0.39 is 0 Å². The van der Waals surface area contributed by atoms with Crippen molar-refractivity contribution in [3.05, 3.63) is 41.5 Å². The minimum absolute atomic E-state index is 0.235. The molecule has 0 aliphatic heterocycles. The Bertz CT molecular complexity index is 567. The molecule has 0 aliphatic carbocycles. The molecule has 0 saturated heterocycles. The SMILES string of the molecule is CCCc1nc(N)cc(-c2ccc(C)c(F)c2)n1. The van der Waals surface area contributed by atoms with E-state index in [1.54, 1.807) is 19.1 Å². The van der Waals surface area contributed by atoms with E-state index >= 15 is 0 Å². The Labute approximate surface area is 106 Å². The van der Waals surface area contributed by atoms with E-state index in [1.807, 2.05) is 6.07 Å². The van der Waals surface area contributed by atoms with E-state index in [4.69, 9.17) is 5.73 Å². The molecular formula is C14H16FN3. The van der Waals surface area contributed by atoms with Crippen molar-refractivity contribution in [2.24, 2.45) is 0 Å². The topological polar surface area (TPSA) is 51.8 Å². The van der Waals surface area contributed by atoms with Crippen LogP contribution in [0.3, 0.4) is 0 Å². The van der Waals surface area contributed by atoms with Gasteiger partial charge in [0, 0.05) is 18.1 Å². The first-order valence-electron chi connectivity index (χ1n) is 6.00. The number of nitrogens with two attached hydrogens (primary N) is 1. The molecule has 18 heavy (non-hydrogen) atoms. The molecule has 0 atom stereocenters. The predicted octanol–water partition coefficient (Wildman–Crippen LogP) is 3.13. The van der Waals surface area contributed by atoms with Gasteiger partial charge in [-0.05, 0) is 25.0 Å². The van der Waals surface area contributed by atoms with Gasteiger partial charge in [0.05, 0.1) is 5.69 Å². The van der Waals surface area contributed by atoms with Crippen molar-refractivity contribution in [2.75, 3.05) is 5.73 Å². The van der Waals surface area contributed by atoms with Crippen LogP contribution in [0.5, 0.6) is 0 Å². The molecule has 2 N–H and O–H groups in total. The number of nitrogen functional groups attached to an aromatic ring is 1. The van der Waals surface area contributed by atoms with Crippen molar-refractivity contribution in [1.82, 2.24) is 9.97 Å². The number of nitrogens with zero attached hydrogens (tertiary/aromatic N) is 2. The average Bonchev–Trinajstić information content (AvgIpc) is 2.32. The van der Waals surface area contributed by atoms with E-state index in [0.29, 0.717) is 22.9 Å². The van der Waals surface area contributed by atoms with Gasteiger partial charge in [-0.2, -0.15) is 0 Å². The van der Waals surface area contributed by atoms with Crippen LogP contribution in [0.25, 0.3) is 11.3 Å². The smallest absolute Gasteiger partial charge is 0.131 e. The Morgan fingerprint density at radius 1 is 1.22 bits per heavy atom. The van der Waals surface area contributed by atoms with Crippen molar-refractivity contribution in [3.63, 3.8) is 0 Å². The minimum Gasteiger partial charge on any atom is -0.384 e. The average molecular weight is 245 g/mol. The highest BCUT2D eigenvalue weighted by atomic mass is 19.1. The van der Waals surface area contributed by atoms with Crippen LogP contribution in [0.15, 0.2) is 24.3 Å². The molecular weight excluding hydrogens is 229 g/mol. The van der Waals surface area contributed by atoms with Gasteiger partial charge in [-0.3, -0.25) is 0 Å². The van der Waals surface area contributed by atoms with Gasteiger partial charge >= 0.3 is 0 Å². The molecule has 1 aromatic heterocycles. The summed E-state index contributed by atoms with van der Waals surface area (Å²) in [6, 6.07) is 6.73. The van der Waals surface area contributed by atoms with Crippen molar-refractivity contribution in [3.8, 4) is 11.3 Å². The van der Waals surface area contributed by atoms with Gasteiger partial charge in [0.15, 0.2) is 0 Å². The lowest BCUT2D eigenvalue weighted by molar-refractivity contribution is 0.619. The van der Waals surface area contributed by atoms with Gasteiger partial charge in [0.25, 0.3) is 0 Å². The summed E-state index contributed by atoms with van der Waals surface area (Å²) < 4.78 is 13.5. The van der Waals surface area contributed by atoms with Crippen molar-refractivity contribution >= 4 is 5.82 Å². The largest absolute Gasteiger partial charge is 0.384 e. The highest BCUT2D eigenvalue weighted by molar-refractivity contribution is 5.62. The van der Waals surface area contributed by atoms with E-state index in [-0.39, 0.29) is 5.82 Å². The summed E-state index contributed by atoms with van der Waals surface area (Å²) in [4.78, 5) is 8.57. The summed E-state index contributed by atoms with van der Waals surface area (Å²) in [6.07, 6.45) is 1.72. The molecule has 0 spiro atoms. The Hall–Kier alpha value is -1.97. The summed E-state index contributed by atoms with van der Waals surface area (Å²) in [7, 11) is 0. The number of hydrogen-bond acceptors (Lipinski definition) is 3. The Morgan fingerprint density at radius 3 is 2.67 bits per heavy atom. The standard InChI is InChI=1S/C14H16FN3/c1-3-4-14-17-12(8-13(16)18-14)10-6-5-9(2)11(15)7-10/h5-8H,3-4H2,1-2H3,(H2,16,17,18). The predicted molar refractivity (Wildman–Crippen MR) is 70.6 cm³/mol. The first-order chi connectivity index (χ1) is 8.60. The number of benzene rings is 1. The zero-order chi connectivity index (χ0) is 13.1. The second-order valence-corrected chi connectivity index (χ2v) is 4.31. The quantitative estimate of drug-likeness (QED) is 0.903. The first kappa shape index (κ1) is 12.5. The molecule has 0 radical (unpaired) electrons. The van der Waals surface area contributed by atoms with Gasteiger partial charge in [0.1, 0.15) is 17.5 Å². The van der Waals surface area contributed by atoms with Gasteiger partial charge in [0.2, 0.25) is 0 Å².